The van der Waals surface area contributed by atoms with Crippen molar-refractivity contribution in [2.24, 2.45) is 5.41 Å². The molecule has 0 spiro atoms. The second kappa shape index (κ2) is 6.26. The Morgan fingerprint density at radius 1 is 1.14 bits per heavy atom. The van der Waals surface area contributed by atoms with Gasteiger partial charge in [-0.3, -0.25) is 9.59 Å². The molecule has 5 nitrogen and oxygen atoms in total. The Bertz CT molecular complexity index is 523. The zero-order valence-corrected chi connectivity index (χ0v) is 12.8. The first-order valence-electron chi connectivity index (χ1n) is 7.30. The number of carbonyl (C=O) groups is 2. The molecule has 1 fully saturated rings. The van der Waals surface area contributed by atoms with Crippen LogP contribution in [0, 0.1) is 5.41 Å². The van der Waals surface area contributed by atoms with Crippen LogP contribution >= 0.6 is 0 Å². The first-order chi connectivity index (χ1) is 9.88. The number of benzene rings is 1. The van der Waals surface area contributed by atoms with Crippen LogP contribution in [0.5, 0.6) is 0 Å². The number of carbonyl (C=O) groups excluding carboxylic acids is 2. The lowest BCUT2D eigenvalue weighted by Crippen LogP contribution is -2.53. The van der Waals surface area contributed by atoms with Crippen molar-refractivity contribution < 1.29 is 9.59 Å². The summed E-state index contributed by atoms with van der Waals surface area (Å²) in [5, 5.41) is 8.93. The van der Waals surface area contributed by atoms with Gasteiger partial charge < -0.3 is 16.0 Å². The van der Waals surface area contributed by atoms with E-state index < -0.39 is 0 Å². The minimum atomic E-state index is -0.179. The average Bonchev–Trinajstić information content (AvgIpc) is 2.39. The van der Waals surface area contributed by atoms with Crippen molar-refractivity contribution in [2.45, 2.75) is 39.7 Å². The maximum Gasteiger partial charge on any atom is 0.242 e. The van der Waals surface area contributed by atoms with Crippen LogP contribution in [-0.2, 0) is 9.59 Å². The predicted molar refractivity (Wildman–Crippen MR) is 84.2 cm³/mol. The minimum Gasteiger partial charge on any atom is -0.326 e. The maximum absolute atomic E-state index is 12.4. The van der Waals surface area contributed by atoms with Gasteiger partial charge in [0.15, 0.2) is 0 Å². The Hall–Kier alpha value is -1.88. The summed E-state index contributed by atoms with van der Waals surface area (Å²) in [5.74, 6) is -0.119. The van der Waals surface area contributed by atoms with Crippen LogP contribution in [0.15, 0.2) is 24.3 Å². The summed E-state index contributed by atoms with van der Waals surface area (Å²) < 4.78 is 0. The molecular formula is C16H23N3O2. The molecule has 3 N–H and O–H groups in total. The second-order valence-corrected chi connectivity index (χ2v) is 6.23. The highest BCUT2D eigenvalue weighted by molar-refractivity contribution is 5.96. The molecule has 1 saturated heterocycles. The third-order valence-electron chi connectivity index (χ3n) is 3.86. The van der Waals surface area contributed by atoms with E-state index in [1.165, 1.54) is 6.92 Å². The fourth-order valence-corrected chi connectivity index (χ4v) is 2.71. The smallest absolute Gasteiger partial charge is 0.242 e. The fourth-order valence-electron chi connectivity index (χ4n) is 2.71. The number of anilines is 2. The van der Waals surface area contributed by atoms with Crippen LogP contribution < -0.4 is 16.0 Å². The minimum absolute atomic E-state index is 0.00743. The van der Waals surface area contributed by atoms with E-state index in [1.54, 1.807) is 24.3 Å². The molecule has 1 heterocycles. The Kier molecular flexibility index (Phi) is 4.63. The first-order valence-corrected chi connectivity index (χ1v) is 7.30. The molecule has 0 radical (unpaired) electrons. The summed E-state index contributed by atoms with van der Waals surface area (Å²) in [6, 6.07) is 6.95. The number of nitrogens with one attached hydrogen (secondary N) is 3. The molecule has 1 unspecified atom stereocenters. The molecule has 114 valence electrons. The topological polar surface area (TPSA) is 70.2 Å². The molecule has 5 heteroatoms. The predicted octanol–water partition coefficient (Wildman–Crippen LogP) is 2.36. The van der Waals surface area contributed by atoms with Crippen molar-refractivity contribution >= 4 is 23.2 Å². The Morgan fingerprint density at radius 3 is 2.24 bits per heavy atom. The molecule has 1 aromatic carbocycles. The van der Waals surface area contributed by atoms with Crippen molar-refractivity contribution in [3.63, 3.8) is 0 Å². The summed E-state index contributed by atoms with van der Waals surface area (Å²) in [4.78, 5) is 23.4. The van der Waals surface area contributed by atoms with Gasteiger partial charge in [-0.25, -0.2) is 0 Å². The third-order valence-corrected chi connectivity index (χ3v) is 3.86. The van der Waals surface area contributed by atoms with Gasteiger partial charge in [0, 0.05) is 18.3 Å². The summed E-state index contributed by atoms with van der Waals surface area (Å²) in [5.41, 5.74) is 1.41. The van der Waals surface area contributed by atoms with Gasteiger partial charge >= 0.3 is 0 Å². The van der Waals surface area contributed by atoms with Gasteiger partial charge in [-0.15, -0.1) is 0 Å². The van der Waals surface area contributed by atoms with Crippen molar-refractivity contribution in [2.75, 3.05) is 17.2 Å². The Morgan fingerprint density at radius 2 is 1.71 bits per heavy atom. The fraction of sp³-hybridized carbons (Fsp3) is 0.500. The molecule has 21 heavy (non-hydrogen) atoms. The number of hydrogen-bond donors (Lipinski definition) is 3. The van der Waals surface area contributed by atoms with E-state index in [-0.39, 0.29) is 23.3 Å². The number of amides is 2. The van der Waals surface area contributed by atoms with Crippen LogP contribution in [0.25, 0.3) is 0 Å². The molecule has 1 aliphatic rings. The van der Waals surface area contributed by atoms with Crippen LogP contribution in [-0.4, -0.2) is 24.4 Å². The largest absolute Gasteiger partial charge is 0.326 e. The summed E-state index contributed by atoms with van der Waals surface area (Å²) in [6.07, 6.45) is 2.14. The molecule has 2 rings (SSSR count). The van der Waals surface area contributed by atoms with E-state index in [9.17, 15) is 9.59 Å². The van der Waals surface area contributed by atoms with E-state index in [0.29, 0.717) is 0 Å². The standard InChI is InChI=1S/C16H23N3O2/c1-11(20)18-12-5-7-13(8-6-12)19-15(21)14-16(2,3)9-4-10-17-14/h5-8,14,17H,4,9-10H2,1-3H3,(H,18,20)(H,19,21). The highest BCUT2D eigenvalue weighted by atomic mass is 16.2. The van der Waals surface area contributed by atoms with E-state index in [4.69, 9.17) is 0 Å². The molecular weight excluding hydrogens is 266 g/mol. The van der Waals surface area contributed by atoms with Gasteiger partial charge in [-0.05, 0) is 49.1 Å². The Balaban J connectivity index is 2.00. The number of piperidine rings is 1. The van der Waals surface area contributed by atoms with Gasteiger partial charge in [0.25, 0.3) is 0 Å². The lowest BCUT2D eigenvalue weighted by molar-refractivity contribution is -0.121. The SMILES string of the molecule is CC(=O)Nc1ccc(NC(=O)C2NCCCC2(C)C)cc1. The molecule has 0 aromatic heterocycles. The van der Waals surface area contributed by atoms with Crippen molar-refractivity contribution in [3.05, 3.63) is 24.3 Å². The van der Waals surface area contributed by atoms with Gasteiger partial charge in [-0.2, -0.15) is 0 Å². The average molecular weight is 289 g/mol. The lowest BCUT2D eigenvalue weighted by Gasteiger charge is -2.38. The highest BCUT2D eigenvalue weighted by Crippen LogP contribution is 2.30. The second-order valence-electron chi connectivity index (χ2n) is 6.23. The Labute approximate surface area is 125 Å². The van der Waals surface area contributed by atoms with Gasteiger partial charge in [0.1, 0.15) is 0 Å². The maximum atomic E-state index is 12.4. The first kappa shape index (κ1) is 15.5. The van der Waals surface area contributed by atoms with Gasteiger partial charge in [-0.1, -0.05) is 13.8 Å². The molecule has 1 aromatic rings. The normalized spacial score (nSPS) is 20.6. The van der Waals surface area contributed by atoms with Crippen molar-refractivity contribution in [1.29, 1.82) is 0 Å². The van der Waals surface area contributed by atoms with Crippen molar-refractivity contribution in [3.8, 4) is 0 Å². The highest BCUT2D eigenvalue weighted by Gasteiger charge is 2.36. The van der Waals surface area contributed by atoms with Crippen LogP contribution in [0.3, 0.4) is 0 Å². The lowest BCUT2D eigenvalue weighted by atomic mass is 9.77. The van der Waals surface area contributed by atoms with Gasteiger partial charge in [0.2, 0.25) is 11.8 Å². The summed E-state index contributed by atoms with van der Waals surface area (Å²) in [6.45, 7) is 6.57. The molecule has 1 aliphatic heterocycles. The summed E-state index contributed by atoms with van der Waals surface area (Å²) >= 11 is 0. The van der Waals surface area contributed by atoms with E-state index in [0.717, 1.165) is 30.8 Å². The number of rotatable bonds is 3. The molecule has 2 amide bonds. The van der Waals surface area contributed by atoms with E-state index in [2.05, 4.69) is 29.8 Å². The van der Waals surface area contributed by atoms with Crippen molar-refractivity contribution in [1.82, 2.24) is 5.32 Å². The molecule has 0 bridgehead atoms. The zero-order chi connectivity index (χ0) is 15.5. The molecule has 1 atom stereocenters. The summed E-state index contributed by atoms with van der Waals surface area (Å²) in [7, 11) is 0. The number of hydrogen-bond acceptors (Lipinski definition) is 3. The molecule has 0 saturated carbocycles. The third kappa shape index (κ3) is 4.04. The van der Waals surface area contributed by atoms with Crippen LogP contribution in [0.1, 0.15) is 33.6 Å². The monoisotopic (exact) mass is 289 g/mol. The quantitative estimate of drug-likeness (QED) is 0.800. The molecule has 0 aliphatic carbocycles. The van der Waals surface area contributed by atoms with Crippen LogP contribution in [0.4, 0.5) is 11.4 Å². The van der Waals surface area contributed by atoms with E-state index in [1.807, 2.05) is 0 Å². The van der Waals surface area contributed by atoms with Gasteiger partial charge in [0.05, 0.1) is 6.04 Å². The van der Waals surface area contributed by atoms with Crippen LogP contribution in [0.2, 0.25) is 0 Å². The zero-order valence-electron chi connectivity index (χ0n) is 12.8. The van der Waals surface area contributed by atoms with E-state index >= 15 is 0 Å².